The number of rotatable bonds is 11. The third-order valence-electron chi connectivity index (χ3n) is 4.04. The lowest BCUT2D eigenvalue weighted by Crippen LogP contribution is -2.21. The lowest BCUT2D eigenvalue weighted by molar-refractivity contribution is 0.102. The molecule has 0 bridgehead atoms. The summed E-state index contributed by atoms with van der Waals surface area (Å²) in [5.41, 5.74) is 1.37. The van der Waals surface area contributed by atoms with Crippen LogP contribution in [0.4, 0.5) is 5.13 Å². The second kappa shape index (κ2) is 10.7. The Morgan fingerprint density at radius 2 is 2.07 bits per heavy atom. The summed E-state index contributed by atoms with van der Waals surface area (Å²) >= 11 is 1.22. The molecule has 0 unspecified atom stereocenters. The maximum atomic E-state index is 12.5. The van der Waals surface area contributed by atoms with E-state index in [1.54, 1.807) is 25.1 Å². The van der Waals surface area contributed by atoms with E-state index in [4.69, 9.17) is 19.6 Å². The van der Waals surface area contributed by atoms with Gasteiger partial charge in [-0.3, -0.25) is 20.2 Å². The predicted molar refractivity (Wildman–Crippen MR) is 112 cm³/mol. The lowest BCUT2D eigenvalue weighted by atomic mass is 10.3. The van der Waals surface area contributed by atoms with Crippen LogP contribution in [0.1, 0.15) is 20.9 Å². The number of methoxy groups -OCH3 is 3. The molecule has 0 radical (unpaired) electrons. The summed E-state index contributed by atoms with van der Waals surface area (Å²) in [4.78, 5) is 19.4. The van der Waals surface area contributed by atoms with E-state index in [2.05, 4.69) is 22.0 Å². The van der Waals surface area contributed by atoms with Crippen LogP contribution in [-0.2, 0) is 20.8 Å². The number of ether oxygens (including phenoxy) is 3. The van der Waals surface area contributed by atoms with Crippen molar-refractivity contribution in [1.29, 1.82) is 5.41 Å². The number of nitrogens with one attached hydrogen (secondary N) is 2. The molecular formula is C18H26N6O4S. The first kappa shape index (κ1) is 22.5. The van der Waals surface area contributed by atoms with Crippen LogP contribution in [0.5, 0.6) is 0 Å². The van der Waals surface area contributed by atoms with Gasteiger partial charge in [0.15, 0.2) is 5.13 Å². The Morgan fingerprint density at radius 1 is 1.34 bits per heavy atom. The first-order valence-corrected chi connectivity index (χ1v) is 9.58. The molecule has 158 valence electrons. The van der Waals surface area contributed by atoms with Crippen LogP contribution in [0, 0.1) is 5.41 Å². The average Bonchev–Trinajstić information content (AvgIpc) is 3.36. The van der Waals surface area contributed by atoms with Crippen LogP contribution in [0.25, 0.3) is 5.70 Å². The minimum absolute atomic E-state index is 0.106. The van der Waals surface area contributed by atoms with Crippen LogP contribution in [0.2, 0.25) is 0 Å². The number of thiazole rings is 1. The summed E-state index contributed by atoms with van der Waals surface area (Å²) in [5.74, 6) is -0.451. The Kier molecular flexibility index (Phi) is 8.31. The summed E-state index contributed by atoms with van der Waals surface area (Å²) in [6.07, 6.45) is 3.12. The fraction of sp³-hybridized carbons (Fsp3) is 0.444. The molecule has 0 fully saturated rings. The molecule has 1 amide bonds. The van der Waals surface area contributed by atoms with Gasteiger partial charge in [0, 0.05) is 39.7 Å². The maximum absolute atomic E-state index is 12.5. The number of amides is 1. The van der Waals surface area contributed by atoms with Crippen LogP contribution < -0.4 is 5.32 Å². The zero-order valence-corrected chi connectivity index (χ0v) is 17.8. The molecule has 0 aliphatic rings. The molecule has 0 saturated carbocycles. The van der Waals surface area contributed by atoms with E-state index in [0.717, 1.165) is 0 Å². The fourth-order valence-corrected chi connectivity index (χ4v) is 3.30. The van der Waals surface area contributed by atoms with Crippen molar-refractivity contribution in [1.82, 2.24) is 19.7 Å². The Morgan fingerprint density at radius 3 is 2.72 bits per heavy atom. The van der Waals surface area contributed by atoms with Gasteiger partial charge in [0.05, 0.1) is 43.5 Å². The van der Waals surface area contributed by atoms with Crippen molar-refractivity contribution in [3.8, 4) is 0 Å². The molecule has 2 heterocycles. The number of nitrogens with zero attached hydrogens (tertiary/aromatic N) is 4. The van der Waals surface area contributed by atoms with Crippen LogP contribution in [-0.4, -0.2) is 79.6 Å². The van der Waals surface area contributed by atoms with E-state index < -0.39 is 0 Å². The van der Waals surface area contributed by atoms with Crippen molar-refractivity contribution in [2.75, 3.05) is 53.5 Å². The van der Waals surface area contributed by atoms with Gasteiger partial charge in [0.2, 0.25) is 5.90 Å². The number of hydrogen-bond donors (Lipinski definition) is 2. The van der Waals surface area contributed by atoms with Crippen LogP contribution in [0.15, 0.2) is 19.0 Å². The Labute approximate surface area is 173 Å². The van der Waals surface area contributed by atoms with Crippen molar-refractivity contribution < 1.29 is 19.0 Å². The topological polar surface area (TPSA) is 115 Å². The van der Waals surface area contributed by atoms with Gasteiger partial charge in [-0.15, -0.1) is 0 Å². The van der Waals surface area contributed by atoms with Crippen molar-refractivity contribution in [3.05, 3.63) is 35.1 Å². The highest BCUT2D eigenvalue weighted by atomic mass is 32.1. The first-order valence-electron chi connectivity index (χ1n) is 8.77. The van der Waals surface area contributed by atoms with Crippen LogP contribution in [0.3, 0.4) is 0 Å². The molecule has 0 aromatic carbocycles. The third-order valence-corrected chi connectivity index (χ3v) is 5.06. The summed E-state index contributed by atoms with van der Waals surface area (Å²) in [7, 11) is 6.50. The monoisotopic (exact) mass is 422 g/mol. The molecule has 2 N–H and O–H groups in total. The first-order chi connectivity index (χ1) is 13.9. The molecule has 29 heavy (non-hydrogen) atoms. The molecule has 0 aliphatic carbocycles. The van der Waals surface area contributed by atoms with E-state index in [9.17, 15) is 4.79 Å². The molecule has 2 aromatic rings. The lowest BCUT2D eigenvalue weighted by Gasteiger charge is -2.20. The molecule has 11 heteroatoms. The highest BCUT2D eigenvalue weighted by Gasteiger charge is 2.22. The molecule has 2 rings (SSSR count). The highest BCUT2D eigenvalue weighted by molar-refractivity contribution is 7.17. The standard InChI is InChI=1S/C18H26N6O4S/c1-12(23(2)6-8-26-3)15-14(16(19)28-5)21-18(29-15)22-17(25)13-10-20-24(11-13)7-9-27-4/h10-11,19H,1,6-9H2,2-5H3,(H,21,22,25). The largest absolute Gasteiger partial charge is 0.480 e. The van der Waals surface area contributed by atoms with Crippen molar-refractivity contribution in [2.24, 2.45) is 0 Å². The number of carbonyl (C=O) groups is 1. The van der Waals surface area contributed by atoms with Gasteiger partial charge in [0.1, 0.15) is 5.69 Å². The maximum Gasteiger partial charge on any atom is 0.260 e. The average molecular weight is 423 g/mol. The van der Waals surface area contributed by atoms with Gasteiger partial charge < -0.3 is 19.1 Å². The smallest absolute Gasteiger partial charge is 0.260 e. The van der Waals surface area contributed by atoms with Crippen LogP contribution >= 0.6 is 11.3 Å². The number of aromatic nitrogens is 3. The van der Waals surface area contributed by atoms with Gasteiger partial charge in [-0.25, -0.2) is 4.98 Å². The number of hydrogen-bond acceptors (Lipinski definition) is 9. The predicted octanol–water partition coefficient (Wildman–Crippen LogP) is 1.76. The van der Waals surface area contributed by atoms with Crippen molar-refractivity contribution in [3.63, 3.8) is 0 Å². The molecule has 10 nitrogen and oxygen atoms in total. The third kappa shape index (κ3) is 5.86. The van der Waals surface area contributed by atoms with E-state index in [1.165, 1.54) is 24.6 Å². The minimum atomic E-state index is -0.345. The SMILES string of the molecule is C=C(c1sc(NC(=O)c2cnn(CCOC)c2)nc1C(=N)OC)N(C)CCOC. The minimum Gasteiger partial charge on any atom is -0.480 e. The zero-order chi connectivity index (χ0) is 21.4. The summed E-state index contributed by atoms with van der Waals surface area (Å²) in [6, 6.07) is 0. The second-order valence-corrected chi connectivity index (χ2v) is 7.03. The number of likely N-dealkylation sites (N-methyl/N-ethyl adjacent to an activating group) is 1. The highest BCUT2D eigenvalue weighted by Crippen LogP contribution is 2.31. The van der Waals surface area contributed by atoms with E-state index in [0.29, 0.717) is 53.3 Å². The number of carbonyl (C=O) groups excluding carboxylic acids is 1. The Hall–Kier alpha value is -2.76. The zero-order valence-electron chi connectivity index (χ0n) is 17.0. The van der Waals surface area contributed by atoms with Gasteiger partial charge in [-0.1, -0.05) is 17.9 Å². The fourth-order valence-electron chi connectivity index (χ4n) is 2.31. The molecular weight excluding hydrogens is 396 g/mol. The summed E-state index contributed by atoms with van der Waals surface area (Å²) in [6.45, 7) is 6.29. The summed E-state index contributed by atoms with van der Waals surface area (Å²) in [5, 5.41) is 15.2. The van der Waals surface area contributed by atoms with Crippen molar-refractivity contribution in [2.45, 2.75) is 6.54 Å². The van der Waals surface area contributed by atoms with E-state index in [-0.39, 0.29) is 11.8 Å². The van der Waals surface area contributed by atoms with Gasteiger partial charge in [-0.2, -0.15) is 5.10 Å². The van der Waals surface area contributed by atoms with Gasteiger partial charge in [-0.05, 0) is 0 Å². The van der Waals surface area contributed by atoms with E-state index in [1.807, 2.05) is 11.9 Å². The normalized spacial score (nSPS) is 10.6. The van der Waals surface area contributed by atoms with Gasteiger partial charge in [0.25, 0.3) is 5.91 Å². The number of anilines is 1. The van der Waals surface area contributed by atoms with Crippen molar-refractivity contribution >= 4 is 34.0 Å². The van der Waals surface area contributed by atoms with E-state index >= 15 is 0 Å². The molecule has 0 spiro atoms. The molecule has 0 atom stereocenters. The Balaban J connectivity index is 2.19. The quantitative estimate of drug-likeness (QED) is 0.419. The van der Waals surface area contributed by atoms with Gasteiger partial charge >= 0.3 is 0 Å². The molecule has 2 aromatic heterocycles. The summed E-state index contributed by atoms with van der Waals surface area (Å²) < 4.78 is 16.8. The second-order valence-electron chi connectivity index (χ2n) is 6.03. The molecule has 0 saturated heterocycles. The molecule has 0 aliphatic heterocycles. The Bertz CT molecular complexity index is 862.